The van der Waals surface area contributed by atoms with Gasteiger partial charge in [-0.2, -0.15) is 0 Å². The molecule has 0 atom stereocenters. The maximum atomic E-state index is 13.5. The number of halogens is 1. The van der Waals surface area contributed by atoms with Gasteiger partial charge in [0.25, 0.3) is 5.91 Å². The fourth-order valence-electron chi connectivity index (χ4n) is 2.68. The van der Waals surface area contributed by atoms with E-state index in [9.17, 15) is 9.18 Å². The molecule has 1 saturated carbocycles. The maximum absolute atomic E-state index is 13.5. The molecule has 2 aromatic heterocycles. The van der Waals surface area contributed by atoms with Crippen molar-refractivity contribution in [2.75, 3.05) is 5.32 Å². The number of carbonyl (C=O) groups is 1. The van der Waals surface area contributed by atoms with E-state index < -0.39 is 0 Å². The highest BCUT2D eigenvalue weighted by atomic mass is 19.1. The summed E-state index contributed by atoms with van der Waals surface area (Å²) >= 11 is 0. The highest BCUT2D eigenvalue weighted by Crippen LogP contribution is 2.26. The van der Waals surface area contributed by atoms with Crippen LogP contribution in [0.2, 0.25) is 0 Å². The summed E-state index contributed by atoms with van der Waals surface area (Å²) in [6, 6.07) is 9.79. The van der Waals surface area contributed by atoms with Crippen molar-refractivity contribution in [3.8, 4) is 11.3 Å². The average molecular weight is 367 g/mol. The Morgan fingerprint density at radius 1 is 1.26 bits per heavy atom. The third kappa shape index (κ3) is 3.94. The van der Waals surface area contributed by atoms with Crippen LogP contribution in [0.1, 0.15) is 34.7 Å². The molecule has 138 valence electrons. The molecule has 0 radical (unpaired) electrons. The summed E-state index contributed by atoms with van der Waals surface area (Å²) in [7, 11) is 0. The molecule has 2 N–H and O–H groups in total. The minimum atomic E-state index is -0.335. The minimum Gasteiger partial charge on any atom is -0.364 e. The number of amides is 1. The molecule has 8 heteroatoms. The number of aryl methyl sites for hydroxylation is 1. The van der Waals surface area contributed by atoms with E-state index in [1.165, 1.54) is 12.1 Å². The van der Waals surface area contributed by atoms with Crippen molar-refractivity contribution in [2.45, 2.75) is 32.4 Å². The summed E-state index contributed by atoms with van der Waals surface area (Å²) < 4.78 is 18.8. The van der Waals surface area contributed by atoms with E-state index in [1.807, 2.05) is 0 Å². The van der Waals surface area contributed by atoms with Gasteiger partial charge < -0.3 is 15.2 Å². The van der Waals surface area contributed by atoms with Crippen LogP contribution in [0, 0.1) is 12.7 Å². The van der Waals surface area contributed by atoms with Crippen LogP contribution in [0.25, 0.3) is 11.3 Å². The highest BCUT2D eigenvalue weighted by molar-refractivity contribution is 5.92. The molecule has 7 nitrogen and oxygen atoms in total. The molecule has 0 spiro atoms. The Morgan fingerprint density at radius 3 is 2.81 bits per heavy atom. The second-order valence-corrected chi connectivity index (χ2v) is 6.48. The normalized spacial score (nSPS) is 13.4. The van der Waals surface area contributed by atoms with Crippen molar-refractivity contribution in [1.82, 2.24) is 20.7 Å². The number of benzene rings is 1. The first-order valence-corrected chi connectivity index (χ1v) is 8.69. The van der Waals surface area contributed by atoms with Gasteiger partial charge in [-0.05, 0) is 44.0 Å². The second-order valence-electron chi connectivity index (χ2n) is 6.48. The Bertz CT molecular complexity index is 966. The lowest BCUT2D eigenvalue weighted by molar-refractivity contribution is 0.0945. The lowest BCUT2D eigenvalue weighted by Crippen LogP contribution is -2.26. The van der Waals surface area contributed by atoms with Crippen LogP contribution in [0.3, 0.4) is 0 Å². The van der Waals surface area contributed by atoms with Crippen LogP contribution < -0.4 is 10.6 Å². The van der Waals surface area contributed by atoms with Gasteiger partial charge in [0.15, 0.2) is 5.69 Å². The molecule has 2 heterocycles. The number of aromatic nitrogens is 3. The topological polar surface area (TPSA) is 92.9 Å². The number of carbonyl (C=O) groups excluding carboxylic acids is 1. The monoisotopic (exact) mass is 367 g/mol. The highest BCUT2D eigenvalue weighted by Gasteiger charge is 2.24. The number of nitrogens with zero attached hydrogens (tertiary/aromatic N) is 3. The van der Waals surface area contributed by atoms with Gasteiger partial charge in [0, 0.05) is 23.7 Å². The van der Waals surface area contributed by atoms with Crippen molar-refractivity contribution in [3.63, 3.8) is 0 Å². The molecule has 0 saturated heterocycles. The van der Waals surface area contributed by atoms with E-state index in [1.54, 1.807) is 31.2 Å². The summed E-state index contributed by atoms with van der Waals surface area (Å²) in [5.41, 5.74) is 2.31. The van der Waals surface area contributed by atoms with Gasteiger partial charge in [-0.25, -0.2) is 4.39 Å². The van der Waals surface area contributed by atoms with Gasteiger partial charge in [0.1, 0.15) is 23.1 Å². The Hall–Kier alpha value is -3.29. The zero-order chi connectivity index (χ0) is 18.8. The first-order chi connectivity index (χ1) is 13.1. The van der Waals surface area contributed by atoms with Gasteiger partial charge in [-0.3, -0.25) is 4.79 Å². The largest absolute Gasteiger partial charge is 0.364 e. The molecule has 4 rings (SSSR count). The van der Waals surface area contributed by atoms with Gasteiger partial charge >= 0.3 is 0 Å². The molecular weight excluding hydrogens is 349 g/mol. The van der Waals surface area contributed by atoms with E-state index >= 15 is 0 Å². The van der Waals surface area contributed by atoms with E-state index in [0.717, 1.165) is 18.4 Å². The van der Waals surface area contributed by atoms with E-state index in [4.69, 9.17) is 4.52 Å². The van der Waals surface area contributed by atoms with Gasteiger partial charge in [0.05, 0.1) is 0 Å². The fourth-order valence-corrected chi connectivity index (χ4v) is 2.68. The van der Waals surface area contributed by atoms with Crippen molar-refractivity contribution in [1.29, 1.82) is 0 Å². The smallest absolute Gasteiger partial charge is 0.272 e. The average Bonchev–Trinajstić information content (AvgIpc) is 3.41. The molecule has 27 heavy (non-hydrogen) atoms. The van der Waals surface area contributed by atoms with Gasteiger partial charge in [-0.15, -0.1) is 10.2 Å². The predicted octanol–water partition coefficient (Wildman–Crippen LogP) is 3.08. The van der Waals surface area contributed by atoms with Crippen molar-refractivity contribution < 1.29 is 13.7 Å². The van der Waals surface area contributed by atoms with E-state index in [2.05, 4.69) is 26.0 Å². The van der Waals surface area contributed by atoms with E-state index in [0.29, 0.717) is 29.4 Å². The summed E-state index contributed by atoms with van der Waals surface area (Å²) in [5, 5.41) is 18.0. The van der Waals surface area contributed by atoms with Crippen molar-refractivity contribution in [2.24, 2.45) is 0 Å². The molecule has 0 aliphatic heterocycles. The Labute approximate surface area is 155 Å². The van der Waals surface area contributed by atoms with Crippen LogP contribution in [0.4, 0.5) is 10.2 Å². The van der Waals surface area contributed by atoms with Crippen LogP contribution >= 0.6 is 0 Å². The summed E-state index contributed by atoms with van der Waals surface area (Å²) in [5.74, 6) is 0.608. The number of rotatable bonds is 6. The molecule has 0 bridgehead atoms. The van der Waals surface area contributed by atoms with Crippen LogP contribution in [-0.4, -0.2) is 27.3 Å². The number of hydrogen-bond acceptors (Lipinski definition) is 6. The quantitative estimate of drug-likeness (QED) is 0.695. The molecule has 1 aliphatic rings. The summed E-state index contributed by atoms with van der Waals surface area (Å²) in [4.78, 5) is 11.9. The number of anilines is 1. The summed E-state index contributed by atoms with van der Waals surface area (Å²) in [6.07, 6.45) is 2.04. The van der Waals surface area contributed by atoms with Crippen LogP contribution in [-0.2, 0) is 6.54 Å². The molecule has 1 aliphatic carbocycles. The number of nitrogens with one attached hydrogen (secondary N) is 2. The molecular formula is C19H18FN5O2. The SMILES string of the molecule is Cc1onc(-c2cccc(F)c2)c1CNc1ccc(C(=O)NC2CC2)nn1. The molecule has 0 unspecified atom stereocenters. The first-order valence-electron chi connectivity index (χ1n) is 8.69. The number of hydrogen-bond donors (Lipinski definition) is 2. The minimum absolute atomic E-state index is 0.209. The zero-order valence-corrected chi connectivity index (χ0v) is 14.7. The van der Waals surface area contributed by atoms with E-state index in [-0.39, 0.29) is 23.5 Å². The Kier molecular flexibility index (Phi) is 4.53. The van der Waals surface area contributed by atoms with Gasteiger partial charge in [-0.1, -0.05) is 17.3 Å². The maximum Gasteiger partial charge on any atom is 0.272 e. The van der Waals surface area contributed by atoms with Crippen LogP contribution in [0.15, 0.2) is 40.9 Å². The van der Waals surface area contributed by atoms with Crippen molar-refractivity contribution >= 4 is 11.7 Å². The standard InChI is InChI=1S/C19H18FN5O2/c1-11-15(18(25-27-11)12-3-2-4-13(20)9-12)10-21-17-8-7-16(23-24-17)19(26)22-14-5-6-14/h2-4,7-9,14H,5-6,10H2,1H3,(H,21,24)(H,22,26). The molecule has 1 amide bonds. The Morgan fingerprint density at radius 2 is 2.11 bits per heavy atom. The third-order valence-corrected chi connectivity index (χ3v) is 4.34. The predicted molar refractivity (Wildman–Crippen MR) is 96.5 cm³/mol. The summed E-state index contributed by atoms with van der Waals surface area (Å²) in [6.45, 7) is 2.17. The molecule has 1 fully saturated rings. The zero-order valence-electron chi connectivity index (χ0n) is 14.7. The molecule has 3 aromatic rings. The van der Waals surface area contributed by atoms with Crippen LogP contribution in [0.5, 0.6) is 0 Å². The second kappa shape index (κ2) is 7.14. The first kappa shape index (κ1) is 17.1. The third-order valence-electron chi connectivity index (χ3n) is 4.34. The lowest BCUT2D eigenvalue weighted by atomic mass is 10.1. The Balaban J connectivity index is 1.46. The fraction of sp³-hybridized carbons (Fsp3) is 0.263. The van der Waals surface area contributed by atoms with Crippen molar-refractivity contribution in [3.05, 3.63) is 59.2 Å². The lowest BCUT2D eigenvalue weighted by Gasteiger charge is -2.07. The molecule has 1 aromatic carbocycles. The van der Waals surface area contributed by atoms with Gasteiger partial charge in [0.2, 0.25) is 0 Å².